The Balaban J connectivity index is 1.58. The molecule has 1 saturated heterocycles. The van der Waals surface area contributed by atoms with Crippen molar-refractivity contribution in [2.75, 3.05) is 6.54 Å². The van der Waals surface area contributed by atoms with Crippen LogP contribution < -0.4 is 5.32 Å². The second-order valence-corrected chi connectivity index (χ2v) is 5.83. The van der Waals surface area contributed by atoms with Crippen LogP contribution >= 0.6 is 0 Å². The molecule has 1 aliphatic rings. The molecular weight excluding hydrogens is 230 g/mol. The average Bonchev–Trinajstić information content (AvgIpc) is 2.48. The van der Waals surface area contributed by atoms with E-state index in [1.807, 2.05) is 0 Å². The van der Waals surface area contributed by atoms with Gasteiger partial charge in [-0.05, 0) is 49.7 Å². The van der Waals surface area contributed by atoms with Crippen molar-refractivity contribution in [3.63, 3.8) is 0 Å². The van der Waals surface area contributed by atoms with E-state index in [4.69, 9.17) is 5.32 Å². The van der Waals surface area contributed by atoms with Gasteiger partial charge >= 0.3 is 0 Å². The van der Waals surface area contributed by atoms with Gasteiger partial charge in [0.25, 0.3) is 0 Å². The van der Waals surface area contributed by atoms with Gasteiger partial charge in [0.2, 0.25) is 0 Å². The minimum atomic E-state index is 0.692. The van der Waals surface area contributed by atoms with E-state index in [0.29, 0.717) is 6.04 Å². The van der Waals surface area contributed by atoms with Crippen LogP contribution in [-0.2, 0) is 12.8 Å². The lowest BCUT2D eigenvalue weighted by atomic mass is 9.98. The molecule has 1 radical (unpaired) electrons. The van der Waals surface area contributed by atoms with Crippen LogP contribution in [0.1, 0.15) is 63.0 Å². The number of piperidine rings is 1. The van der Waals surface area contributed by atoms with Gasteiger partial charge in [0.15, 0.2) is 0 Å². The van der Waals surface area contributed by atoms with Crippen LogP contribution in [0.15, 0.2) is 24.3 Å². The summed E-state index contributed by atoms with van der Waals surface area (Å²) in [7, 11) is 0. The Morgan fingerprint density at radius 2 is 2.00 bits per heavy atom. The molecule has 1 aromatic rings. The summed E-state index contributed by atoms with van der Waals surface area (Å²) in [6.07, 6.45) is 11.9. The Bertz CT molecular complexity index is 352. The molecule has 0 amide bonds. The highest BCUT2D eigenvalue weighted by atomic mass is 14.9. The third-order valence-corrected chi connectivity index (χ3v) is 4.24. The highest BCUT2D eigenvalue weighted by molar-refractivity contribution is 5.23. The summed E-state index contributed by atoms with van der Waals surface area (Å²) in [6, 6.07) is 9.77. The van der Waals surface area contributed by atoms with Gasteiger partial charge in [-0.2, -0.15) is 0 Å². The maximum absolute atomic E-state index is 4.71. The van der Waals surface area contributed by atoms with Crippen LogP contribution in [-0.4, -0.2) is 12.6 Å². The molecule has 0 spiro atoms. The second-order valence-electron chi connectivity index (χ2n) is 5.83. The fraction of sp³-hybridized carbons (Fsp3) is 0.667. The zero-order chi connectivity index (χ0) is 13.3. The molecule has 1 aliphatic heterocycles. The van der Waals surface area contributed by atoms with E-state index in [2.05, 4.69) is 31.2 Å². The van der Waals surface area contributed by atoms with Crippen molar-refractivity contribution in [1.29, 1.82) is 0 Å². The lowest BCUT2D eigenvalue weighted by molar-refractivity contribution is 0.364. The molecule has 1 aromatic carbocycles. The molecule has 1 heteroatoms. The third-order valence-electron chi connectivity index (χ3n) is 4.24. The van der Waals surface area contributed by atoms with E-state index in [1.165, 1.54) is 62.5 Å². The first-order valence-corrected chi connectivity index (χ1v) is 8.13. The Hall–Kier alpha value is -0.820. The summed E-state index contributed by atoms with van der Waals surface area (Å²) in [6.45, 7) is 3.35. The number of hydrogen-bond donors (Lipinski definition) is 0. The molecule has 0 bridgehead atoms. The molecule has 0 saturated carbocycles. The molecule has 105 valence electrons. The summed E-state index contributed by atoms with van der Waals surface area (Å²) >= 11 is 0. The Labute approximate surface area is 118 Å². The number of aryl methyl sites for hydroxylation is 2. The summed E-state index contributed by atoms with van der Waals surface area (Å²) in [5.74, 6) is 0. The number of benzene rings is 1. The topological polar surface area (TPSA) is 14.1 Å². The quantitative estimate of drug-likeness (QED) is 0.639. The minimum absolute atomic E-state index is 0.692. The Morgan fingerprint density at radius 3 is 2.79 bits per heavy atom. The first-order chi connectivity index (χ1) is 9.38. The molecule has 0 aliphatic carbocycles. The van der Waals surface area contributed by atoms with Crippen LogP contribution in [0.2, 0.25) is 0 Å². The van der Waals surface area contributed by atoms with Gasteiger partial charge in [0.05, 0.1) is 0 Å². The summed E-state index contributed by atoms with van der Waals surface area (Å²) in [4.78, 5) is 0. The molecule has 0 aromatic heterocycles. The maximum Gasteiger partial charge on any atom is 0.0246 e. The lowest BCUT2D eigenvalue weighted by Crippen LogP contribution is -2.27. The highest BCUT2D eigenvalue weighted by Gasteiger charge is 2.12. The minimum Gasteiger partial charge on any atom is -0.238 e. The maximum atomic E-state index is 4.71. The van der Waals surface area contributed by atoms with E-state index < -0.39 is 0 Å². The number of unbranched alkanes of at least 4 members (excludes halogenated alkanes) is 2. The van der Waals surface area contributed by atoms with Gasteiger partial charge in [-0.1, -0.05) is 50.5 Å². The van der Waals surface area contributed by atoms with Crippen molar-refractivity contribution >= 4 is 0 Å². The first-order valence-electron chi connectivity index (χ1n) is 8.13. The molecule has 19 heavy (non-hydrogen) atoms. The zero-order valence-corrected chi connectivity index (χ0v) is 12.4. The van der Waals surface area contributed by atoms with E-state index >= 15 is 0 Å². The molecule has 1 unspecified atom stereocenters. The average molecular weight is 258 g/mol. The molecular formula is C18H28N. The molecule has 1 nitrogen and oxygen atoms in total. The molecule has 2 rings (SSSR count). The smallest absolute Gasteiger partial charge is 0.0246 e. The van der Waals surface area contributed by atoms with Crippen LogP contribution in [0.4, 0.5) is 0 Å². The molecule has 0 N–H and O–H groups in total. The van der Waals surface area contributed by atoms with E-state index in [-0.39, 0.29) is 0 Å². The van der Waals surface area contributed by atoms with E-state index in [1.54, 1.807) is 0 Å². The third kappa shape index (κ3) is 5.36. The number of nitrogens with zero attached hydrogens (tertiary/aromatic N) is 1. The number of hydrogen-bond acceptors (Lipinski definition) is 0. The standard InChI is InChI=1S/C18H28N/c1-2-16-10-8-11-17(15-16)9-4-3-5-12-18-13-6-7-14-19-18/h8,10-11,15,18H,2-7,9,12-14H2,1H3. The van der Waals surface area contributed by atoms with E-state index in [0.717, 1.165) is 13.0 Å². The fourth-order valence-corrected chi connectivity index (χ4v) is 2.98. The SMILES string of the molecule is CCc1cccc(CCCCCC2CCCC[N]2)c1. The molecule has 1 atom stereocenters. The van der Waals surface area contributed by atoms with Gasteiger partial charge in [0.1, 0.15) is 0 Å². The zero-order valence-electron chi connectivity index (χ0n) is 12.4. The van der Waals surface area contributed by atoms with Gasteiger partial charge < -0.3 is 0 Å². The summed E-state index contributed by atoms with van der Waals surface area (Å²) in [5.41, 5.74) is 2.99. The van der Waals surface area contributed by atoms with Gasteiger partial charge in [-0.25, -0.2) is 5.32 Å². The Kier molecular flexibility index (Phi) is 6.43. The summed E-state index contributed by atoms with van der Waals surface area (Å²) < 4.78 is 0. The van der Waals surface area contributed by atoms with Crippen LogP contribution in [0.3, 0.4) is 0 Å². The van der Waals surface area contributed by atoms with Crippen molar-refractivity contribution in [3.8, 4) is 0 Å². The fourth-order valence-electron chi connectivity index (χ4n) is 2.98. The largest absolute Gasteiger partial charge is 0.238 e. The van der Waals surface area contributed by atoms with Crippen molar-refractivity contribution in [3.05, 3.63) is 35.4 Å². The molecule has 1 heterocycles. The first kappa shape index (κ1) is 14.6. The predicted molar refractivity (Wildman–Crippen MR) is 82.6 cm³/mol. The van der Waals surface area contributed by atoms with Crippen molar-refractivity contribution in [1.82, 2.24) is 5.32 Å². The van der Waals surface area contributed by atoms with Gasteiger partial charge in [-0.15, -0.1) is 0 Å². The van der Waals surface area contributed by atoms with Crippen LogP contribution in [0.25, 0.3) is 0 Å². The van der Waals surface area contributed by atoms with Gasteiger partial charge in [0, 0.05) is 12.6 Å². The normalized spacial score (nSPS) is 19.5. The van der Waals surface area contributed by atoms with E-state index in [9.17, 15) is 0 Å². The van der Waals surface area contributed by atoms with Crippen molar-refractivity contribution in [2.24, 2.45) is 0 Å². The van der Waals surface area contributed by atoms with Crippen molar-refractivity contribution in [2.45, 2.75) is 70.8 Å². The van der Waals surface area contributed by atoms with Crippen LogP contribution in [0, 0.1) is 0 Å². The van der Waals surface area contributed by atoms with Crippen LogP contribution in [0.5, 0.6) is 0 Å². The van der Waals surface area contributed by atoms with Crippen molar-refractivity contribution < 1.29 is 0 Å². The molecule has 1 fully saturated rings. The summed E-state index contributed by atoms with van der Waals surface area (Å²) in [5, 5.41) is 4.71. The lowest BCUT2D eigenvalue weighted by Gasteiger charge is -2.21. The second kappa shape index (κ2) is 8.37. The Morgan fingerprint density at radius 1 is 1.11 bits per heavy atom. The number of rotatable bonds is 7. The highest BCUT2D eigenvalue weighted by Crippen LogP contribution is 2.16. The monoisotopic (exact) mass is 258 g/mol. The predicted octanol–water partition coefficient (Wildman–Crippen LogP) is 4.51. The van der Waals surface area contributed by atoms with Gasteiger partial charge in [-0.3, -0.25) is 0 Å².